The van der Waals surface area contributed by atoms with Gasteiger partial charge in [-0.1, -0.05) is 0 Å². The van der Waals surface area contributed by atoms with Crippen molar-refractivity contribution >= 4 is 15.9 Å². The Kier molecular flexibility index (Phi) is 4.87. The van der Waals surface area contributed by atoms with Crippen LogP contribution in [0.4, 0.5) is 0 Å². The van der Waals surface area contributed by atoms with E-state index in [1.807, 2.05) is 38.5 Å². The lowest BCUT2D eigenvalue weighted by atomic mass is 10.0. The molecule has 0 aliphatic carbocycles. The molecule has 0 radical (unpaired) electrons. The maximum atomic E-state index is 5.49. The Bertz CT molecular complexity index is 548. The van der Waals surface area contributed by atoms with Crippen LogP contribution in [0, 0.1) is 0 Å². The number of aromatic nitrogens is 2. The Morgan fingerprint density at radius 2 is 1.84 bits per heavy atom. The average molecular weight is 322 g/mol. The average Bonchev–Trinajstić information content (AvgIpc) is 2.41. The standard InChI is InChI=1S/C14H16BrN3O/c1-3-19-13-5-11(7-18-9-13)14(16-2)10-4-12(15)8-17-6-10/h4-9,14,16H,3H2,1-2H3. The quantitative estimate of drug-likeness (QED) is 0.919. The van der Waals surface area contributed by atoms with Crippen LogP contribution in [0.5, 0.6) is 5.75 Å². The summed E-state index contributed by atoms with van der Waals surface area (Å²) >= 11 is 3.44. The van der Waals surface area contributed by atoms with E-state index in [1.54, 1.807) is 12.4 Å². The van der Waals surface area contributed by atoms with E-state index in [4.69, 9.17) is 4.74 Å². The largest absolute Gasteiger partial charge is 0.492 e. The van der Waals surface area contributed by atoms with Gasteiger partial charge in [-0.05, 0) is 53.2 Å². The van der Waals surface area contributed by atoms with E-state index in [-0.39, 0.29) is 6.04 Å². The number of nitrogens with one attached hydrogen (secondary N) is 1. The first-order valence-electron chi connectivity index (χ1n) is 6.10. The molecule has 0 aliphatic rings. The van der Waals surface area contributed by atoms with E-state index in [2.05, 4.69) is 31.2 Å². The van der Waals surface area contributed by atoms with Crippen molar-refractivity contribution in [2.75, 3.05) is 13.7 Å². The summed E-state index contributed by atoms with van der Waals surface area (Å²) in [4.78, 5) is 8.42. The number of nitrogens with zero attached hydrogens (tertiary/aromatic N) is 2. The lowest BCUT2D eigenvalue weighted by Crippen LogP contribution is -2.18. The van der Waals surface area contributed by atoms with Gasteiger partial charge in [0.25, 0.3) is 0 Å². The molecule has 0 saturated carbocycles. The van der Waals surface area contributed by atoms with Crippen molar-refractivity contribution in [3.05, 3.63) is 52.5 Å². The summed E-state index contributed by atoms with van der Waals surface area (Å²) in [6, 6.07) is 4.08. The predicted molar refractivity (Wildman–Crippen MR) is 78.2 cm³/mol. The summed E-state index contributed by atoms with van der Waals surface area (Å²) in [6.07, 6.45) is 7.17. The fourth-order valence-electron chi connectivity index (χ4n) is 1.95. The van der Waals surface area contributed by atoms with Gasteiger partial charge in [-0.2, -0.15) is 0 Å². The molecule has 5 heteroatoms. The van der Waals surface area contributed by atoms with E-state index in [0.717, 1.165) is 21.3 Å². The van der Waals surface area contributed by atoms with Crippen molar-refractivity contribution in [2.45, 2.75) is 13.0 Å². The van der Waals surface area contributed by atoms with E-state index in [1.165, 1.54) is 0 Å². The molecule has 2 aromatic rings. The third-order valence-electron chi connectivity index (χ3n) is 2.73. The minimum absolute atomic E-state index is 0.0397. The molecule has 0 fully saturated rings. The molecule has 1 unspecified atom stereocenters. The third-order valence-corrected chi connectivity index (χ3v) is 3.16. The Hall–Kier alpha value is -1.46. The van der Waals surface area contributed by atoms with E-state index in [0.29, 0.717) is 6.61 Å². The molecule has 0 aliphatic heterocycles. The van der Waals surface area contributed by atoms with Crippen molar-refractivity contribution in [2.24, 2.45) is 0 Å². The second-order valence-corrected chi connectivity index (χ2v) is 4.96. The van der Waals surface area contributed by atoms with Gasteiger partial charge in [0.05, 0.1) is 18.8 Å². The topological polar surface area (TPSA) is 47.0 Å². The van der Waals surface area contributed by atoms with Crippen LogP contribution in [-0.4, -0.2) is 23.6 Å². The van der Waals surface area contributed by atoms with E-state index in [9.17, 15) is 0 Å². The summed E-state index contributed by atoms with van der Waals surface area (Å²) in [7, 11) is 1.92. The first-order valence-corrected chi connectivity index (χ1v) is 6.89. The molecule has 2 rings (SSSR count). The molecule has 0 amide bonds. The highest BCUT2D eigenvalue weighted by Crippen LogP contribution is 2.25. The van der Waals surface area contributed by atoms with Crippen LogP contribution < -0.4 is 10.1 Å². The molecule has 1 N–H and O–H groups in total. The fourth-order valence-corrected chi connectivity index (χ4v) is 2.33. The second kappa shape index (κ2) is 6.63. The molecule has 1 atom stereocenters. The Labute approximate surface area is 121 Å². The van der Waals surface area contributed by atoms with Gasteiger partial charge in [0.2, 0.25) is 0 Å². The minimum atomic E-state index is 0.0397. The normalized spacial score (nSPS) is 12.2. The Morgan fingerprint density at radius 3 is 2.47 bits per heavy atom. The lowest BCUT2D eigenvalue weighted by Gasteiger charge is -2.17. The Balaban J connectivity index is 2.33. The summed E-state index contributed by atoms with van der Waals surface area (Å²) in [5.74, 6) is 0.781. The highest BCUT2D eigenvalue weighted by atomic mass is 79.9. The molecule has 0 bridgehead atoms. The minimum Gasteiger partial charge on any atom is -0.492 e. The second-order valence-electron chi connectivity index (χ2n) is 4.05. The molecule has 100 valence electrons. The zero-order chi connectivity index (χ0) is 13.7. The number of halogens is 1. The van der Waals surface area contributed by atoms with Crippen LogP contribution in [-0.2, 0) is 0 Å². The monoisotopic (exact) mass is 321 g/mol. The zero-order valence-electron chi connectivity index (χ0n) is 10.9. The molecule has 2 aromatic heterocycles. The van der Waals surface area contributed by atoms with Crippen LogP contribution in [0.1, 0.15) is 24.1 Å². The molecular formula is C14H16BrN3O. The summed E-state index contributed by atoms with van der Waals surface area (Å²) in [5, 5.41) is 3.27. The smallest absolute Gasteiger partial charge is 0.137 e. The summed E-state index contributed by atoms with van der Waals surface area (Å²) < 4.78 is 6.44. The van der Waals surface area contributed by atoms with Gasteiger partial charge >= 0.3 is 0 Å². The lowest BCUT2D eigenvalue weighted by molar-refractivity contribution is 0.338. The fraction of sp³-hybridized carbons (Fsp3) is 0.286. The van der Waals surface area contributed by atoms with Crippen molar-refractivity contribution in [1.82, 2.24) is 15.3 Å². The van der Waals surface area contributed by atoms with Gasteiger partial charge in [0, 0.05) is 23.1 Å². The molecule has 2 heterocycles. The van der Waals surface area contributed by atoms with Crippen LogP contribution in [0.2, 0.25) is 0 Å². The van der Waals surface area contributed by atoms with Crippen molar-refractivity contribution in [3.63, 3.8) is 0 Å². The van der Waals surface area contributed by atoms with Crippen LogP contribution >= 0.6 is 15.9 Å². The van der Waals surface area contributed by atoms with Crippen LogP contribution in [0.25, 0.3) is 0 Å². The van der Waals surface area contributed by atoms with Gasteiger partial charge in [0.15, 0.2) is 0 Å². The van der Waals surface area contributed by atoms with Gasteiger partial charge < -0.3 is 10.1 Å². The number of hydrogen-bond acceptors (Lipinski definition) is 4. The first-order chi connectivity index (χ1) is 9.24. The molecule has 19 heavy (non-hydrogen) atoms. The predicted octanol–water partition coefficient (Wildman–Crippen LogP) is 2.95. The number of rotatable bonds is 5. The molecule has 4 nitrogen and oxygen atoms in total. The SMILES string of the molecule is CCOc1cncc(C(NC)c2cncc(Br)c2)c1. The summed E-state index contributed by atoms with van der Waals surface area (Å²) in [6.45, 7) is 2.59. The summed E-state index contributed by atoms with van der Waals surface area (Å²) in [5.41, 5.74) is 2.13. The van der Waals surface area contributed by atoms with Crippen LogP contribution in [0.3, 0.4) is 0 Å². The molecular weight excluding hydrogens is 306 g/mol. The van der Waals surface area contributed by atoms with Crippen LogP contribution in [0.15, 0.2) is 41.4 Å². The van der Waals surface area contributed by atoms with Crippen molar-refractivity contribution in [1.29, 1.82) is 0 Å². The Morgan fingerprint density at radius 1 is 1.16 bits per heavy atom. The molecule has 0 saturated heterocycles. The zero-order valence-corrected chi connectivity index (χ0v) is 12.5. The van der Waals surface area contributed by atoms with Gasteiger partial charge in [-0.15, -0.1) is 0 Å². The number of pyridine rings is 2. The molecule has 0 aromatic carbocycles. The maximum Gasteiger partial charge on any atom is 0.137 e. The van der Waals surface area contributed by atoms with Gasteiger partial charge in [-0.3, -0.25) is 9.97 Å². The van der Waals surface area contributed by atoms with E-state index < -0.39 is 0 Å². The number of ether oxygens (including phenoxy) is 1. The maximum absolute atomic E-state index is 5.49. The highest BCUT2D eigenvalue weighted by molar-refractivity contribution is 9.10. The first kappa shape index (κ1) is 14.0. The third kappa shape index (κ3) is 3.52. The highest BCUT2D eigenvalue weighted by Gasteiger charge is 2.13. The number of hydrogen-bond donors (Lipinski definition) is 1. The van der Waals surface area contributed by atoms with Crippen molar-refractivity contribution in [3.8, 4) is 5.75 Å². The van der Waals surface area contributed by atoms with Crippen molar-refractivity contribution < 1.29 is 4.74 Å². The van der Waals surface area contributed by atoms with E-state index >= 15 is 0 Å². The van der Waals surface area contributed by atoms with Gasteiger partial charge in [-0.25, -0.2) is 0 Å². The van der Waals surface area contributed by atoms with Gasteiger partial charge in [0.1, 0.15) is 5.75 Å². The molecule has 0 spiro atoms.